The molecule has 0 spiro atoms. The molecule has 0 radical (unpaired) electrons. The summed E-state index contributed by atoms with van der Waals surface area (Å²) in [5.41, 5.74) is 0. The molecule has 3 aliphatic rings. The van der Waals surface area contributed by atoms with Gasteiger partial charge in [0.25, 0.3) is 5.91 Å². The smallest absolute Gasteiger partial charge is 0.252 e. The first-order chi connectivity index (χ1) is 11.4. The lowest BCUT2D eigenvalue weighted by atomic mass is 10.0. The van der Waals surface area contributed by atoms with Gasteiger partial charge in [0.1, 0.15) is 11.0 Å². The van der Waals surface area contributed by atoms with Crippen molar-refractivity contribution in [2.45, 2.75) is 29.9 Å². The molecule has 1 aromatic heterocycles. The second kappa shape index (κ2) is 5.53. The topological polar surface area (TPSA) is 84.7 Å². The van der Waals surface area contributed by atoms with Crippen LogP contribution in [0.5, 0.6) is 0 Å². The molecule has 1 amide bonds. The van der Waals surface area contributed by atoms with E-state index in [4.69, 9.17) is 4.74 Å². The van der Waals surface area contributed by atoms with Gasteiger partial charge in [-0.1, -0.05) is 0 Å². The number of ether oxygens (including phenoxy) is 1. The molecule has 0 unspecified atom stereocenters. The molecule has 2 aliphatic heterocycles. The fraction of sp³-hybridized carbons (Fsp3) is 0.733. The van der Waals surface area contributed by atoms with E-state index in [1.807, 2.05) is 0 Å². The summed E-state index contributed by atoms with van der Waals surface area (Å²) in [5.74, 6) is 0.440. The molecule has 1 aromatic rings. The monoisotopic (exact) mass is 354 g/mol. The SMILES string of the molecule is CN1C(=O)[C@@H](OCC2CC2)[C@H]2CN(S(=O)(=O)c3cnn(C)c3)C[C@H]21. The van der Waals surface area contributed by atoms with Crippen molar-refractivity contribution in [3.05, 3.63) is 12.4 Å². The number of nitrogens with zero attached hydrogens (tertiary/aromatic N) is 4. The van der Waals surface area contributed by atoms with Crippen molar-refractivity contribution >= 4 is 15.9 Å². The summed E-state index contributed by atoms with van der Waals surface area (Å²) in [6, 6.07) is -0.117. The fourth-order valence-electron chi connectivity index (χ4n) is 3.63. The number of likely N-dealkylation sites (N-methyl/N-ethyl adjacent to an activating group) is 1. The first-order valence-corrected chi connectivity index (χ1v) is 9.69. The number of fused-ring (bicyclic) bond motifs is 1. The van der Waals surface area contributed by atoms with Gasteiger partial charge in [0, 0.05) is 39.3 Å². The van der Waals surface area contributed by atoms with Crippen LogP contribution in [-0.2, 0) is 26.6 Å². The molecule has 0 N–H and O–H groups in total. The number of carbonyl (C=O) groups excluding carboxylic acids is 1. The molecule has 3 heterocycles. The zero-order valence-corrected chi connectivity index (χ0v) is 14.6. The van der Waals surface area contributed by atoms with Gasteiger partial charge < -0.3 is 9.64 Å². The van der Waals surface area contributed by atoms with Gasteiger partial charge in [-0.05, 0) is 18.8 Å². The maximum atomic E-state index is 12.8. The lowest BCUT2D eigenvalue weighted by molar-refractivity contribution is -0.138. The van der Waals surface area contributed by atoms with Crippen molar-refractivity contribution in [2.75, 3.05) is 26.7 Å². The van der Waals surface area contributed by atoms with Gasteiger partial charge in [0.15, 0.2) is 0 Å². The van der Waals surface area contributed by atoms with Gasteiger partial charge >= 0.3 is 0 Å². The number of amides is 1. The van der Waals surface area contributed by atoms with E-state index in [0.717, 1.165) is 12.8 Å². The van der Waals surface area contributed by atoms with Crippen LogP contribution in [0.25, 0.3) is 0 Å². The number of hydrogen-bond acceptors (Lipinski definition) is 5. The number of rotatable bonds is 5. The van der Waals surface area contributed by atoms with E-state index in [-0.39, 0.29) is 22.8 Å². The average molecular weight is 354 g/mol. The zero-order valence-electron chi connectivity index (χ0n) is 13.8. The Morgan fingerprint density at radius 3 is 2.67 bits per heavy atom. The first-order valence-electron chi connectivity index (χ1n) is 8.25. The fourth-order valence-corrected chi connectivity index (χ4v) is 5.11. The predicted molar refractivity (Wildman–Crippen MR) is 84.5 cm³/mol. The Bertz CT molecular complexity index is 757. The highest BCUT2D eigenvalue weighted by molar-refractivity contribution is 7.89. The summed E-state index contributed by atoms with van der Waals surface area (Å²) >= 11 is 0. The molecular weight excluding hydrogens is 332 g/mol. The Labute approximate surface area is 141 Å². The van der Waals surface area contributed by atoms with Crippen molar-refractivity contribution in [1.29, 1.82) is 0 Å². The van der Waals surface area contributed by atoms with Crippen LogP contribution in [0.3, 0.4) is 0 Å². The molecule has 0 bridgehead atoms. The van der Waals surface area contributed by atoms with E-state index in [1.54, 1.807) is 19.0 Å². The third-order valence-electron chi connectivity index (χ3n) is 5.30. The van der Waals surface area contributed by atoms with Crippen molar-refractivity contribution < 1.29 is 17.9 Å². The highest BCUT2D eigenvalue weighted by atomic mass is 32.2. The first kappa shape index (κ1) is 16.0. The quantitative estimate of drug-likeness (QED) is 0.723. The second-order valence-corrected chi connectivity index (χ2v) is 8.99. The van der Waals surface area contributed by atoms with Crippen LogP contribution in [0, 0.1) is 11.8 Å². The minimum Gasteiger partial charge on any atom is -0.368 e. The summed E-state index contributed by atoms with van der Waals surface area (Å²) in [4.78, 5) is 14.2. The summed E-state index contributed by atoms with van der Waals surface area (Å²) in [7, 11) is -0.163. The molecule has 24 heavy (non-hydrogen) atoms. The molecule has 1 aliphatic carbocycles. The number of carbonyl (C=O) groups is 1. The van der Waals surface area contributed by atoms with Gasteiger partial charge in [-0.25, -0.2) is 8.42 Å². The van der Waals surface area contributed by atoms with E-state index in [1.165, 1.54) is 21.4 Å². The van der Waals surface area contributed by atoms with Gasteiger partial charge in [0.05, 0.1) is 18.8 Å². The lowest BCUT2D eigenvalue weighted by Gasteiger charge is -2.21. The molecule has 3 atom stereocenters. The van der Waals surface area contributed by atoms with Gasteiger partial charge in [0.2, 0.25) is 10.0 Å². The van der Waals surface area contributed by atoms with Crippen LogP contribution in [-0.4, -0.2) is 72.2 Å². The average Bonchev–Trinajstić information content (AvgIpc) is 3.00. The molecular formula is C15H22N4O4S. The zero-order chi connectivity index (χ0) is 17.1. The number of hydrogen-bond donors (Lipinski definition) is 0. The van der Waals surface area contributed by atoms with Crippen LogP contribution in [0.2, 0.25) is 0 Å². The molecule has 4 rings (SSSR count). The summed E-state index contributed by atoms with van der Waals surface area (Å²) < 4.78 is 34.3. The number of likely N-dealkylation sites (tertiary alicyclic amines) is 1. The van der Waals surface area contributed by atoms with Crippen LogP contribution < -0.4 is 0 Å². The van der Waals surface area contributed by atoms with Crippen LogP contribution in [0.4, 0.5) is 0 Å². The van der Waals surface area contributed by atoms with Crippen molar-refractivity contribution in [3.63, 3.8) is 0 Å². The van der Waals surface area contributed by atoms with Crippen LogP contribution in [0.1, 0.15) is 12.8 Å². The Hall–Kier alpha value is -1.45. The maximum absolute atomic E-state index is 12.8. The number of sulfonamides is 1. The van der Waals surface area contributed by atoms with E-state index in [9.17, 15) is 13.2 Å². The molecule has 1 saturated carbocycles. The van der Waals surface area contributed by atoms with Gasteiger partial charge in [-0.2, -0.15) is 9.40 Å². The molecule has 8 nitrogen and oxygen atoms in total. The Balaban J connectivity index is 1.53. The second-order valence-electron chi connectivity index (χ2n) is 7.05. The summed E-state index contributed by atoms with van der Waals surface area (Å²) in [5, 5.41) is 3.95. The lowest BCUT2D eigenvalue weighted by Crippen LogP contribution is -2.39. The molecule has 2 saturated heterocycles. The van der Waals surface area contributed by atoms with E-state index in [2.05, 4.69) is 5.10 Å². The molecule has 132 valence electrons. The number of aromatic nitrogens is 2. The Kier molecular flexibility index (Phi) is 3.70. The van der Waals surface area contributed by atoms with Gasteiger partial charge in [-0.3, -0.25) is 9.48 Å². The summed E-state index contributed by atoms with van der Waals surface area (Å²) in [6.45, 7) is 1.23. The molecule has 0 aromatic carbocycles. The Morgan fingerprint density at radius 1 is 1.29 bits per heavy atom. The van der Waals surface area contributed by atoms with Crippen LogP contribution in [0.15, 0.2) is 17.3 Å². The van der Waals surface area contributed by atoms with E-state index in [0.29, 0.717) is 25.6 Å². The highest BCUT2D eigenvalue weighted by Crippen LogP contribution is 2.37. The van der Waals surface area contributed by atoms with Gasteiger partial charge in [-0.15, -0.1) is 0 Å². The van der Waals surface area contributed by atoms with Crippen molar-refractivity contribution in [3.8, 4) is 0 Å². The largest absolute Gasteiger partial charge is 0.368 e. The van der Waals surface area contributed by atoms with Crippen molar-refractivity contribution in [1.82, 2.24) is 19.0 Å². The normalized spacial score (nSPS) is 31.0. The predicted octanol–water partition coefficient (Wildman–Crippen LogP) is -0.324. The minimum atomic E-state index is -3.59. The third-order valence-corrected chi connectivity index (χ3v) is 7.09. The maximum Gasteiger partial charge on any atom is 0.252 e. The van der Waals surface area contributed by atoms with Crippen molar-refractivity contribution in [2.24, 2.45) is 18.9 Å². The summed E-state index contributed by atoms with van der Waals surface area (Å²) in [6.07, 6.45) is 4.66. The minimum absolute atomic E-state index is 0.0240. The third kappa shape index (κ3) is 2.55. The highest BCUT2D eigenvalue weighted by Gasteiger charge is 2.54. The van der Waals surface area contributed by atoms with E-state index < -0.39 is 16.1 Å². The molecule has 3 fully saturated rings. The molecule has 9 heteroatoms. The Morgan fingerprint density at radius 2 is 2.04 bits per heavy atom. The van der Waals surface area contributed by atoms with Crippen LogP contribution >= 0.6 is 0 Å². The number of aryl methyl sites for hydroxylation is 1. The standard InChI is InChI=1S/C15H22N4O4S/c1-17-6-11(5-16-17)24(21,22)19-7-12-13(8-19)18(2)15(20)14(12)23-9-10-3-4-10/h5-6,10,12-14H,3-4,7-9H2,1-2H3/t12-,13+,14-/m0/s1. The van der Waals surface area contributed by atoms with E-state index >= 15 is 0 Å².